The molecule has 1 heterocycles. The van der Waals surface area contributed by atoms with Crippen molar-refractivity contribution < 1.29 is 4.74 Å². The molecule has 3 heteroatoms. The Labute approximate surface area is 103 Å². The van der Waals surface area contributed by atoms with Gasteiger partial charge in [-0.2, -0.15) is 0 Å². The molecule has 3 rings (SSSR count). The van der Waals surface area contributed by atoms with Crippen molar-refractivity contribution in [2.24, 2.45) is 5.73 Å². The topological polar surface area (TPSA) is 38.5 Å². The maximum Gasteiger partial charge on any atom is 0.0622 e. The molecule has 1 fully saturated rings. The molecule has 92 valence electrons. The van der Waals surface area contributed by atoms with E-state index in [4.69, 9.17) is 10.5 Å². The van der Waals surface area contributed by atoms with Crippen LogP contribution in [0.1, 0.15) is 36.1 Å². The third-order valence-electron chi connectivity index (χ3n) is 4.20. The number of likely N-dealkylation sites (N-methyl/N-ethyl adjacent to an activating group) is 1. The van der Waals surface area contributed by atoms with Gasteiger partial charge in [-0.25, -0.2) is 0 Å². The van der Waals surface area contributed by atoms with Crippen LogP contribution >= 0.6 is 0 Å². The van der Waals surface area contributed by atoms with Crippen molar-refractivity contribution in [3.63, 3.8) is 0 Å². The zero-order valence-electron chi connectivity index (χ0n) is 10.3. The second kappa shape index (κ2) is 4.41. The summed E-state index contributed by atoms with van der Waals surface area (Å²) in [5.41, 5.74) is 8.95. The zero-order chi connectivity index (χ0) is 11.8. The summed E-state index contributed by atoms with van der Waals surface area (Å²) in [6.07, 6.45) is 2.18. The highest BCUT2D eigenvalue weighted by molar-refractivity contribution is 5.37. The smallest absolute Gasteiger partial charge is 0.0622 e. The third kappa shape index (κ3) is 1.88. The Balaban J connectivity index is 1.85. The zero-order valence-corrected chi connectivity index (χ0v) is 10.3. The van der Waals surface area contributed by atoms with Crippen molar-refractivity contribution in [3.05, 3.63) is 35.4 Å². The van der Waals surface area contributed by atoms with E-state index in [9.17, 15) is 0 Å². The van der Waals surface area contributed by atoms with Crippen molar-refractivity contribution in [2.75, 3.05) is 20.3 Å². The van der Waals surface area contributed by atoms with E-state index in [1.807, 2.05) is 0 Å². The summed E-state index contributed by atoms with van der Waals surface area (Å²) in [5.74, 6) is 0. The summed E-state index contributed by atoms with van der Waals surface area (Å²) >= 11 is 0. The molecule has 0 radical (unpaired) electrons. The standard InChI is InChI=1S/C14H20N2O/c1-16(10-6-7-17-9-10)14-8-13(15)11-4-2-3-5-12(11)14/h2-5,10,13-14H,6-9,15H2,1H3. The van der Waals surface area contributed by atoms with Crippen molar-refractivity contribution >= 4 is 0 Å². The van der Waals surface area contributed by atoms with Crippen molar-refractivity contribution in [3.8, 4) is 0 Å². The summed E-state index contributed by atoms with van der Waals surface area (Å²) in [6, 6.07) is 9.80. The van der Waals surface area contributed by atoms with Crippen LogP contribution in [0.5, 0.6) is 0 Å². The lowest BCUT2D eigenvalue weighted by Crippen LogP contribution is -2.34. The SMILES string of the molecule is CN(C1CCOC1)C1CC(N)c2ccccc21. The van der Waals surface area contributed by atoms with Gasteiger partial charge >= 0.3 is 0 Å². The first-order valence-electron chi connectivity index (χ1n) is 6.41. The van der Waals surface area contributed by atoms with Crippen LogP contribution in [-0.2, 0) is 4.74 Å². The summed E-state index contributed by atoms with van der Waals surface area (Å²) in [4.78, 5) is 2.46. The van der Waals surface area contributed by atoms with Gasteiger partial charge in [-0.3, -0.25) is 4.90 Å². The normalized spacial score (nSPS) is 32.1. The number of ether oxygens (including phenoxy) is 1. The third-order valence-corrected chi connectivity index (χ3v) is 4.20. The molecule has 3 atom stereocenters. The number of nitrogens with two attached hydrogens (primary N) is 1. The molecule has 1 saturated heterocycles. The molecule has 0 spiro atoms. The predicted molar refractivity (Wildman–Crippen MR) is 67.7 cm³/mol. The fraction of sp³-hybridized carbons (Fsp3) is 0.571. The quantitative estimate of drug-likeness (QED) is 0.845. The molecule has 0 aromatic heterocycles. The second-order valence-corrected chi connectivity index (χ2v) is 5.17. The summed E-state index contributed by atoms with van der Waals surface area (Å²) < 4.78 is 5.48. The molecule has 2 aliphatic rings. The maximum absolute atomic E-state index is 6.22. The minimum atomic E-state index is 0.195. The van der Waals surface area contributed by atoms with Gasteiger partial charge < -0.3 is 10.5 Å². The molecule has 3 nitrogen and oxygen atoms in total. The summed E-state index contributed by atoms with van der Waals surface area (Å²) in [6.45, 7) is 1.76. The van der Waals surface area contributed by atoms with Gasteiger partial charge in [-0.15, -0.1) is 0 Å². The van der Waals surface area contributed by atoms with Crippen LogP contribution in [0.4, 0.5) is 0 Å². The van der Waals surface area contributed by atoms with Crippen LogP contribution < -0.4 is 5.73 Å². The van der Waals surface area contributed by atoms with E-state index in [1.54, 1.807) is 0 Å². The molecule has 1 aliphatic carbocycles. The van der Waals surface area contributed by atoms with Gasteiger partial charge in [-0.05, 0) is 31.0 Å². The van der Waals surface area contributed by atoms with Gasteiger partial charge in [0.1, 0.15) is 0 Å². The Bertz CT molecular complexity index is 401. The number of rotatable bonds is 2. The fourth-order valence-electron chi connectivity index (χ4n) is 3.13. The molecule has 17 heavy (non-hydrogen) atoms. The average Bonchev–Trinajstić information content (AvgIpc) is 2.97. The molecule has 0 bridgehead atoms. The lowest BCUT2D eigenvalue weighted by atomic mass is 10.1. The number of hydrogen-bond acceptors (Lipinski definition) is 3. The van der Waals surface area contributed by atoms with E-state index < -0.39 is 0 Å². The highest BCUT2D eigenvalue weighted by atomic mass is 16.5. The molecule has 3 unspecified atom stereocenters. The lowest BCUT2D eigenvalue weighted by Gasteiger charge is -2.30. The minimum absolute atomic E-state index is 0.195. The molecular weight excluding hydrogens is 212 g/mol. The van der Waals surface area contributed by atoms with Crippen molar-refractivity contribution in [1.29, 1.82) is 0 Å². The van der Waals surface area contributed by atoms with Gasteiger partial charge in [-0.1, -0.05) is 24.3 Å². The Kier molecular flexibility index (Phi) is 2.90. The van der Waals surface area contributed by atoms with Crippen LogP contribution in [0.15, 0.2) is 24.3 Å². The van der Waals surface area contributed by atoms with E-state index in [1.165, 1.54) is 11.1 Å². The van der Waals surface area contributed by atoms with Crippen LogP contribution in [0.25, 0.3) is 0 Å². The van der Waals surface area contributed by atoms with Crippen LogP contribution in [-0.4, -0.2) is 31.2 Å². The Morgan fingerprint density at radius 3 is 2.76 bits per heavy atom. The number of nitrogens with zero attached hydrogens (tertiary/aromatic N) is 1. The van der Waals surface area contributed by atoms with E-state index in [0.29, 0.717) is 12.1 Å². The van der Waals surface area contributed by atoms with Crippen LogP contribution in [0, 0.1) is 0 Å². The van der Waals surface area contributed by atoms with E-state index >= 15 is 0 Å². The first kappa shape index (κ1) is 11.2. The summed E-state index contributed by atoms with van der Waals surface area (Å²) in [7, 11) is 2.21. The number of fused-ring (bicyclic) bond motifs is 1. The number of benzene rings is 1. The van der Waals surface area contributed by atoms with E-state index in [2.05, 4.69) is 36.2 Å². The van der Waals surface area contributed by atoms with Crippen LogP contribution in [0.3, 0.4) is 0 Å². The Hall–Kier alpha value is -0.900. The van der Waals surface area contributed by atoms with Gasteiger partial charge in [0.2, 0.25) is 0 Å². The Morgan fingerprint density at radius 2 is 2.06 bits per heavy atom. The fourth-order valence-corrected chi connectivity index (χ4v) is 3.13. The van der Waals surface area contributed by atoms with Crippen molar-refractivity contribution in [1.82, 2.24) is 4.90 Å². The van der Waals surface area contributed by atoms with Gasteiger partial charge in [0.05, 0.1) is 6.61 Å². The molecule has 1 aromatic rings. The molecule has 0 saturated carbocycles. The first-order valence-corrected chi connectivity index (χ1v) is 6.41. The largest absolute Gasteiger partial charge is 0.380 e. The number of hydrogen-bond donors (Lipinski definition) is 1. The van der Waals surface area contributed by atoms with E-state index in [-0.39, 0.29) is 6.04 Å². The molecule has 1 aliphatic heterocycles. The van der Waals surface area contributed by atoms with E-state index in [0.717, 1.165) is 26.1 Å². The van der Waals surface area contributed by atoms with Gasteiger partial charge in [0.25, 0.3) is 0 Å². The first-order chi connectivity index (χ1) is 8.27. The lowest BCUT2D eigenvalue weighted by molar-refractivity contribution is 0.130. The maximum atomic E-state index is 6.22. The van der Waals surface area contributed by atoms with Crippen LogP contribution in [0.2, 0.25) is 0 Å². The highest BCUT2D eigenvalue weighted by Crippen LogP contribution is 2.41. The monoisotopic (exact) mass is 232 g/mol. The highest BCUT2D eigenvalue weighted by Gasteiger charge is 2.34. The van der Waals surface area contributed by atoms with Gasteiger partial charge in [0.15, 0.2) is 0 Å². The molecule has 1 aromatic carbocycles. The second-order valence-electron chi connectivity index (χ2n) is 5.17. The Morgan fingerprint density at radius 1 is 1.29 bits per heavy atom. The molecule has 0 amide bonds. The summed E-state index contributed by atoms with van der Waals surface area (Å²) in [5, 5.41) is 0. The van der Waals surface area contributed by atoms with Crippen molar-refractivity contribution in [2.45, 2.75) is 31.0 Å². The van der Waals surface area contributed by atoms with Gasteiger partial charge in [0, 0.05) is 24.7 Å². The predicted octanol–water partition coefficient (Wildman–Crippen LogP) is 1.85. The average molecular weight is 232 g/mol. The molecular formula is C14H20N2O. The minimum Gasteiger partial charge on any atom is -0.380 e. The molecule has 2 N–H and O–H groups in total.